The molecule has 2 rings (SSSR count). The summed E-state index contributed by atoms with van der Waals surface area (Å²) in [6.45, 7) is 4.37. The highest BCUT2D eigenvalue weighted by Crippen LogP contribution is 2.47. The zero-order chi connectivity index (χ0) is 11.1. The van der Waals surface area contributed by atoms with Gasteiger partial charge in [-0.25, -0.2) is 0 Å². The Hall–Kier alpha value is 0.680. The Morgan fingerprint density at radius 1 is 1.47 bits per heavy atom. The third-order valence-electron chi connectivity index (χ3n) is 2.98. The van der Waals surface area contributed by atoms with Crippen LogP contribution in [0.4, 0.5) is 0 Å². The van der Waals surface area contributed by atoms with E-state index in [1.165, 1.54) is 4.88 Å². The minimum atomic E-state index is -0.127. The molecule has 0 bridgehead atoms. The number of thiophene rings is 1. The van der Waals surface area contributed by atoms with Crippen molar-refractivity contribution in [2.45, 2.75) is 37.9 Å². The van der Waals surface area contributed by atoms with Gasteiger partial charge in [0.15, 0.2) is 0 Å². The molecule has 15 heavy (non-hydrogen) atoms. The number of hydrogen-bond donors (Lipinski definition) is 0. The van der Waals surface area contributed by atoms with Crippen LogP contribution in [0.25, 0.3) is 0 Å². The average molecular weight is 357 g/mol. The van der Waals surface area contributed by atoms with E-state index in [4.69, 9.17) is 16.3 Å². The van der Waals surface area contributed by atoms with E-state index in [0.717, 1.165) is 21.6 Å². The molecule has 0 saturated carbocycles. The van der Waals surface area contributed by atoms with E-state index >= 15 is 0 Å². The van der Waals surface area contributed by atoms with Gasteiger partial charge >= 0.3 is 0 Å². The minimum Gasteiger partial charge on any atom is -0.363 e. The molecule has 1 nitrogen and oxygen atoms in total. The molecule has 0 N–H and O–H groups in total. The predicted molar refractivity (Wildman–Crippen MR) is 74.3 cm³/mol. The molecule has 0 radical (unpaired) electrons. The second-order valence-corrected chi connectivity index (χ2v) is 7.00. The monoisotopic (exact) mass is 356 g/mol. The maximum atomic E-state index is 6.23. The number of hydrogen-bond acceptors (Lipinski definition) is 2. The van der Waals surface area contributed by atoms with Gasteiger partial charge in [0.25, 0.3) is 0 Å². The quantitative estimate of drug-likeness (QED) is 0.555. The molecule has 2 heterocycles. The van der Waals surface area contributed by atoms with Gasteiger partial charge in [0.05, 0.1) is 9.94 Å². The van der Waals surface area contributed by atoms with Gasteiger partial charge in [-0.15, -0.1) is 11.3 Å². The van der Waals surface area contributed by atoms with Crippen LogP contribution < -0.4 is 0 Å². The summed E-state index contributed by atoms with van der Waals surface area (Å²) in [7, 11) is 0. The lowest BCUT2D eigenvalue weighted by molar-refractivity contribution is -0.0731. The highest BCUT2D eigenvalue weighted by Gasteiger charge is 2.44. The van der Waals surface area contributed by atoms with Crippen molar-refractivity contribution in [3.8, 4) is 0 Å². The first-order valence-electron chi connectivity index (χ1n) is 4.99. The number of rotatable bonds is 2. The van der Waals surface area contributed by atoms with Crippen LogP contribution in [0.3, 0.4) is 0 Å². The van der Waals surface area contributed by atoms with Gasteiger partial charge in [-0.05, 0) is 38.8 Å². The van der Waals surface area contributed by atoms with Crippen molar-refractivity contribution in [1.29, 1.82) is 0 Å². The van der Waals surface area contributed by atoms with Crippen LogP contribution in [0.5, 0.6) is 0 Å². The van der Waals surface area contributed by atoms with E-state index in [2.05, 4.69) is 42.5 Å². The Morgan fingerprint density at radius 2 is 2.20 bits per heavy atom. The second kappa shape index (κ2) is 4.17. The van der Waals surface area contributed by atoms with E-state index in [1.807, 2.05) is 6.07 Å². The maximum absolute atomic E-state index is 6.23. The Morgan fingerprint density at radius 3 is 2.67 bits per heavy atom. The Balaban J connectivity index is 2.23. The summed E-state index contributed by atoms with van der Waals surface area (Å²) in [5, 5.41) is 0. The molecule has 2 unspecified atom stereocenters. The smallest absolute Gasteiger partial charge is 0.100 e. The summed E-state index contributed by atoms with van der Waals surface area (Å²) < 4.78 is 8.12. The van der Waals surface area contributed by atoms with Crippen molar-refractivity contribution in [1.82, 2.24) is 0 Å². The largest absolute Gasteiger partial charge is 0.363 e. The van der Waals surface area contributed by atoms with Gasteiger partial charge in [0.2, 0.25) is 0 Å². The van der Waals surface area contributed by atoms with Gasteiger partial charge in [-0.3, -0.25) is 0 Å². The summed E-state index contributed by atoms with van der Waals surface area (Å²) in [6, 6.07) is 4.04. The molecule has 0 amide bonds. The molecule has 1 aromatic rings. The van der Waals surface area contributed by atoms with E-state index in [-0.39, 0.29) is 11.2 Å². The van der Waals surface area contributed by atoms with Crippen LogP contribution in [0.15, 0.2) is 12.1 Å². The Bertz CT molecular complexity index is 367. The minimum absolute atomic E-state index is 0.0335. The van der Waals surface area contributed by atoms with Gasteiger partial charge in [-0.2, -0.15) is 0 Å². The van der Waals surface area contributed by atoms with Crippen LogP contribution in [0, 0.1) is 0 Å². The normalized spacial score (nSPS) is 36.0. The molecule has 1 saturated heterocycles. The molecule has 1 aliphatic rings. The van der Waals surface area contributed by atoms with Crippen molar-refractivity contribution < 1.29 is 4.74 Å². The maximum Gasteiger partial charge on any atom is 0.100 e. The molecule has 4 heteroatoms. The molecule has 2 atom stereocenters. The second-order valence-electron chi connectivity index (χ2n) is 4.52. The summed E-state index contributed by atoms with van der Waals surface area (Å²) in [4.78, 5) is 1.25. The zero-order valence-electron chi connectivity index (χ0n) is 8.85. The van der Waals surface area contributed by atoms with Crippen LogP contribution in [0.1, 0.15) is 31.6 Å². The van der Waals surface area contributed by atoms with Crippen molar-refractivity contribution in [3.63, 3.8) is 0 Å². The van der Waals surface area contributed by atoms with E-state index in [9.17, 15) is 0 Å². The number of ether oxygens (including phenoxy) is 1. The average Bonchev–Trinajstić information content (AvgIpc) is 2.74. The highest BCUT2D eigenvalue weighted by molar-refractivity contribution is 14.1. The fraction of sp³-hybridized carbons (Fsp3) is 0.636. The topological polar surface area (TPSA) is 9.23 Å². The molecule has 0 aliphatic carbocycles. The van der Waals surface area contributed by atoms with Crippen LogP contribution >= 0.6 is 45.5 Å². The fourth-order valence-corrected chi connectivity index (χ4v) is 3.71. The molecular formula is C11H14ClIOS. The first-order chi connectivity index (χ1) is 6.97. The molecule has 0 aromatic carbocycles. The lowest BCUT2D eigenvalue weighted by atomic mass is 9.98. The van der Waals surface area contributed by atoms with E-state index in [0.29, 0.717) is 0 Å². The lowest BCUT2D eigenvalue weighted by Gasteiger charge is -2.28. The van der Waals surface area contributed by atoms with Gasteiger partial charge in [0.1, 0.15) is 5.60 Å². The van der Waals surface area contributed by atoms with E-state index < -0.39 is 0 Å². The van der Waals surface area contributed by atoms with Crippen LogP contribution in [0.2, 0.25) is 4.34 Å². The van der Waals surface area contributed by atoms with Crippen LogP contribution in [-0.2, 0) is 10.3 Å². The molecule has 0 spiro atoms. The van der Waals surface area contributed by atoms with Crippen LogP contribution in [-0.4, -0.2) is 10.0 Å². The third kappa shape index (κ3) is 2.35. The van der Waals surface area contributed by atoms with Crippen molar-refractivity contribution in [2.24, 2.45) is 0 Å². The first kappa shape index (κ1) is 12.1. The Labute approximate surface area is 113 Å². The van der Waals surface area contributed by atoms with Gasteiger partial charge in [-0.1, -0.05) is 34.2 Å². The molecule has 1 aliphatic heterocycles. The van der Waals surface area contributed by atoms with Crippen molar-refractivity contribution in [2.75, 3.05) is 4.43 Å². The molecule has 1 aromatic heterocycles. The summed E-state index contributed by atoms with van der Waals surface area (Å²) >= 11 is 10.0. The molecule has 1 fully saturated rings. The first-order valence-corrected chi connectivity index (χ1v) is 7.71. The summed E-state index contributed by atoms with van der Waals surface area (Å²) in [5.41, 5.74) is -0.0937. The third-order valence-corrected chi connectivity index (χ3v) is 6.07. The van der Waals surface area contributed by atoms with Gasteiger partial charge in [0, 0.05) is 9.30 Å². The SMILES string of the molecule is CC1(CI)CCC(C)(c2ccc(Cl)s2)O1. The standard InChI is InChI=1S/C11H14ClIOS/c1-10(7-13)5-6-11(2,14-10)8-3-4-9(12)15-8/h3-4H,5-7H2,1-2H3. The highest BCUT2D eigenvalue weighted by atomic mass is 127. The number of halogens is 2. The predicted octanol–water partition coefficient (Wildman–Crippen LogP) is 4.62. The summed E-state index contributed by atoms with van der Waals surface area (Å²) in [6.07, 6.45) is 2.21. The molecule has 84 valence electrons. The zero-order valence-corrected chi connectivity index (χ0v) is 12.6. The molecular weight excluding hydrogens is 343 g/mol. The fourth-order valence-electron chi connectivity index (χ4n) is 2.01. The number of alkyl halides is 1. The van der Waals surface area contributed by atoms with E-state index in [1.54, 1.807) is 11.3 Å². The Kier molecular flexibility index (Phi) is 3.37. The lowest BCUT2D eigenvalue weighted by Crippen LogP contribution is -2.30. The summed E-state index contributed by atoms with van der Waals surface area (Å²) in [5.74, 6) is 0. The van der Waals surface area contributed by atoms with Gasteiger partial charge < -0.3 is 4.74 Å². The van der Waals surface area contributed by atoms with Crippen molar-refractivity contribution >= 4 is 45.5 Å². The van der Waals surface area contributed by atoms with Crippen molar-refractivity contribution in [3.05, 3.63) is 21.3 Å².